The molecule has 0 saturated carbocycles. The Morgan fingerprint density at radius 2 is 1.68 bits per heavy atom. The minimum Gasteiger partial charge on any atom is -1.00 e. The van der Waals surface area contributed by atoms with Crippen molar-refractivity contribution >= 4 is 19.4 Å². The first-order chi connectivity index (χ1) is 11.4. The molecule has 2 nitrogen and oxygen atoms in total. The van der Waals surface area contributed by atoms with Crippen LogP contribution in [0.2, 0.25) is 0 Å². The Balaban J connectivity index is 0.00000312. The quantitative estimate of drug-likeness (QED) is 0.435. The minimum absolute atomic E-state index is 0. The first-order valence-corrected chi connectivity index (χ1v) is 9.55. The fourth-order valence-electron chi connectivity index (χ4n) is 2.80. The molecular weight excluding hydrogens is 322 g/mol. The van der Waals surface area contributed by atoms with E-state index in [-0.39, 0.29) is 34.4 Å². The predicted octanol–water partition coefficient (Wildman–Crippen LogP) is 2.36. The van der Waals surface area contributed by atoms with Gasteiger partial charge in [0.2, 0.25) is 0 Å². The summed E-state index contributed by atoms with van der Waals surface area (Å²) in [5.74, 6) is 0.878. The van der Waals surface area contributed by atoms with Crippen LogP contribution in [-0.4, -0.2) is 12.1 Å². The molecule has 0 heterocycles. The van der Waals surface area contributed by atoms with E-state index in [4.69, 9.17) is 4.74 Å². The van der Waals surface area contributed by atoms with Crippen molar-refractivity contribution in [2.45, 2.75) is 47.5 Å². The molecular formula is C21H28LiO2P. The molecule has 1 unspecified atom stereocenters. The van der Waals surface area contributed by atoms with Crippen LogP contribution >= 0.6 is 8.58 Å². The molecule has 0 spiro atoms. The first kappa shape index (κ1) is 22.0. The van der Waals surface area contributed by atoms with Gasteiger partial charge in [-0.3, -0.25) is 4.79 Å². The second-order valence-electron chi connectivity index (χ2n) is 6.32. The van der Waals surface area contributed by atoms with Crippen LogP contribution in [0, 0.1) is 27.7 Å². The van der Waals surface area contributed by atoms with Gasteiger partial charge in [0, 0.05) is 5.56 Å². The van der Waals surface area contributed by atoms with Crippen LogP contribution in [0.3, 0.4) is 0 Å². The third kappa shape index (κ3) is 5.72. The van der Waals surface area contributed by atoms with Gasteiger partial charge in [-0.25, -0.2) is 0 Å². The van der Waals surface area contributed by atoms with Gasteiger partial charge in [0.25, 0.3) is 0 Å². The topological polar surface area (TPSA) is 26.3 Å². The number of aryl methyl sites for hydroxylation is 2. The monoisotopic (exact) mass is 350 g/mol. The van der Waals surface area contributed by atoms with Crippen LogP contribution in [0.15, 0.2) is 30.3 Å². The SMILES string of the molecule is CCCCOc1ccc(PC(=O)c2c(C)cc(C)c(C)c2C)cc1.[H-].[Li+]. The molecule has 0 radical (unpaired) electrons. The normalized spacial score (nSPS) is 10.8. The number of carbonyl (C=O) groups excluding carboxylic acids is 1. The fourth-order valence-corrected chi connectivity index (χ4v) is 3.90. The Kier molecular flexibility index (Phi) is 8.95. The van der Waals surface area contributed by atoms with Crippen LogP contribution in [0.1, 0.15) is 53.8 Å². The van der Waals surface area contributed by atoms with Gasteiger partial charge in [0.1, 0.15) is 5.75 Å². The van der Waals surface area contributed by atoms with E-state index < -0.39 is 0 Å². The van der Waals surface area contributed by atoms with Gasteiger partial charge in [-0.15, -0.1) is 0 Å². The Labute approximate surface area is 167 Å². The van der Waals surface area contributed by atoms with E-state index >= 15 is 0 Å². The molecule has 2 rings (SSSR count). The molecule has 4 heteroatoms. The molecule has 0 aromatic heterocycles. The standard InChI is InChI=1S/C21H27O2P.Li.H/c1-6-7-12-23-18-8-10-19(11-9-18)24-21(22)20-15(3)13-14(2)16(4)17(20)5;;/h8-11,13,24H,6-7,12H2,1-5H3;;/q;+1;-1. The molecule has 0 aliphatic heterocycles. The average Bonchev–Trinajstić information content (AvgIpc) is 2.54. The summed E-state index contributed by atoms with van der Waals surface area (Å²) < 4.78 is 5.68. The van der Waals surface area contributed by atoms with Crippen molar-refractivity contribution in [1.29, 1.82) is 0 Å². The summed E-state index contributed by atoms with van der Waals surface area (Å²) in [6.45, 7) is 11.2. The smallest absolute Gasteiger partial charge is 1.00 e. The Morgan fingerprint density at radius 3 is 2.28 bits per heavy atom. The third-order valence-electron chi connectivity index (χ3n) is 4.46. The molecule has 2 aromatic rings. The molecule has 0 N–H and O–H groups in total. The predicted molar refractivity (Wildman–Crippen MR) is 106 cm³/mol. The number of carbonyl (C=O) groups is 1. The van der Waals surface area contributed by atoms with Gasteiger partial charge < -0.3 is 6.16 Å². The minimum atomic E-state index is 0. The largest absolute Gasteiger partial charge is 1.00 e. The molecule has 0 aliphatic carbocycles. The molecule has 0 amide bonds. The molecule has 0 fully saturated rings. The van der Waals surface area contributed by atoms with Crippen LogP contribution in [0.4, 0.5) is 0 Å². The van der Waals surface area contributed by atoms with Gasteiger partial charge in [0.05, 0.1) is 6.61 Å². The maximum atomic E-state index is 12.8. The molecule has 1 atom stereocenters. The number of ether oxygens (including phenoxy) is 1. The summed E-state index contributed by atoms with van der Waals surface area (Å²) in [5.41, 5.74) is 5.76. The van der Waals surface area contributed by atoms with Crippen molar-refractivity contribution in [2.24, 2.45) is 0 Å². The first-order valence-electron chi connectivity index (χ1n) is 8.55. The zero-order chi connectivity index (χ0) is 17.7. The summed E-state index contributed by atoms with van der Waals surface area (Å²) in [7, 11) is 0.146. The Morgan fingerprint density at radius 1 is 1.04 bits per heavy atom. The van der Waals surface area contributed by atoms with E-state index in [1.807, 2.05) is 31.2 Å². The van der Waals surface area contributed by atoms with Crippen molar-refractivity contribution < 1.29 is 29.8 Å². The van der Waals surface area contributed by atoms with E-state index in [2.05, 4.69) is 33.8 Å². The van der Waals surface area contributed by atoms with E-state index in [0.29, 0.717) is 0 Å². The average molecular weight is 350 g/mol. The zero-order valence-electron chi connectivity index (χ0n) is 17.3. The van der Waals surface area contributed by atoms with Crippen LogP contribution in [0.25, 0.3) is 0 Å². The maximum Gasteiger partial charge on any atom is 1.00 e. The zero-order valence-corrected chi connectivity index (χ0v) is 17.3. The van der Waals surface area contributed by atoms with Crippen molar-refractivity contribution in [2.75, 3.05) is 6.61 Å². The van der Waals surface area contributed by atoms with E-state index in [0.717, 1.165) is 47.2 Å². The molecule has 2 aromatic carbocycles. The van der Waals surface area contributed by atoms with Crippen molar-refractivity contribution in [3.05, 3.63) is 58.1 Å². The van der Waals surface area contributed by atoms with Gasteiger partial charge in [-0.05, 0) is 82.4 Å². The number of hydrogen-bond acceptors (Lipinski definition) is 2. The van der Waals surface area contributed by atoms with E-state index in [1.54, 1.807) is 0 Å². The van der Waals surface area contributed by atoms with Crippen molar-refractivity contribution in [3.8, 4) is 5.75 Å². The summed E-state index contributed by atoms with van der Waals surface area (Å²) in [5, 5.41) is 1.06. The van der Waals surface area contributed by atoms with Crippen molar-refractivity contribution in [1.82, 2.24) is 0 Å². The van der Waals surface area contributed by atoms with Crippen LogP contribution in [-0.2, 0) is 0 Å². The number of benzene rings is 2. The van der Waals surface area contributed by atoms with Gasteiger partial charge in [-0.2, -0.15) is 0 Å². The van der Waals surface area contributed by atoms with Gasteiger partial charge >= 0.3 is 18.9 Å². The van der Waals surface area contributed by atoms with E-state index in [9.17, 15) is 4.79 Å². The number of rotatable bonds is 7. The second kappa shape index (κ2) is 10.2. The van der Waals surface area contributed by atoms with Gasteiger partial charge in [-0.1, -0.05) is 31.5 Å². The molecule has 0 aliphatic rings. The Bertz CT molecular complexity index is 730. The van der Waals surface area contributed by atoms with Crippen LogP contribution in [0.5, 0.6) is 5.75 Å². The van der Waals surface area contributed by atoms with Gasteiger partial charge in [0.15, 0.2) is 5.52 Å². The second-order valence-corrected chi connectivity index (χ2v) is 7.60. The maximum absolute atomic E-state index is 12.8. The van der Waals surface area contributed by atoms with E-state index in [1.165, 1.54) is 11.1 Å². The summed E-state index contributed by atoms with van der Waals surface area (Å²) in [4.78, 5) is 12.8. The molecule has 0 bridgehead atoms. The number of unbranched alkanes of at least 4 members (excludes halogenated alkanes) is 1. The molecule has 25 heavy (non-hydrogen) atoms. The molecule has 130 valence electrons. The van der Waals surface area contributed by atoms with Crippen molar-refractivity contribution in [3.63, 3.8) is 0 Å². The third-order valence-corrected chi connectivity index (χ3v) is 5.56. The summed E-state index contributed by atoms with van der Waals surface area (Å²) in [6, 6.07) is 10.0. The number of hydrogen-bond donors (Lipinski definition) is 0. The summed E-state index contributed by atoms with van der Waals surface area (Å²) >= 11 is 0. The molecule has 0 saturated heterocycles. The summed E-state index contributed by atoms with van der Waals surface area (Å²) in [6.07, 6.45) is 2.19. The van der Waals surface area contributed by atoms with Crippen LogP contribution < -0.4 is 28.9 Å². The fraction of sp³-hybridized carbons (Fsp3) is 0.381. The Hall–Kier alpha value is -1.06.